The molecule has 0 unspecified atom stereocenters. The standard InChI is InChI=1S/C52H65N15O9Si/c1-52(2,3)77(4,5)72-33-43-47(69-30-35-20-12-7-13-21-35)44(62-67-57)48(70-31-36-22-14-8-15-23-36)51(74-43)76-46-39(60-65-55)26-38(59-64-54)45(49(46)71-32-37-24-16-9-17-25-37)75-50-40(61-66-56)27-41(42(73-50)28-58-63-53)68-29-34-18-10-6-11-19-34/h6-25,38-51H,26-33H2,1-5H3/t38-,39+,40+,41-,42+,43+,44-,45+,46-,47+,48+,49-,50+,51+/m0/s1. The smallest absolute Gasteiger partial charge is 0.192 e. The molecule has 4 aromatic rings. The van der Waals surface area contributed by atoms with Gasteiger partial charge in [-0.25, -0.2) is 0 Å². The van der Waals surface area contributed by atoms with E-state index in [2.05, 4.69) is 84.0 Å². The summed E-state index contributed by atoms with van der Waals surface area (Å²) in [7, 11) is -2.47. The average Bonchev–Trinajstić information content (AvgIpc) is 3.44. The molecule has 0 N–H and O–H groups in total. The van der Waals surface area contributed by atoms with Crippen molar-refractivity contribution in [2.24, 2.45) is 25.6 Å². The molecule has 7 rings (SSSR count). The van der Waals surface area contributed by atoms with E-state index in [1.165, 1.54) is 0 Å². The van der Waals surface area contributed by atoms with E-state index in [1.807, 2.05) is 121 Å². The molecule has 77 heavy (non-hydrogen) atoms. The molecule has 3 aliphatic rings. The van der Waals surface area contributed by atoms with Crippen molar-refractivity contribution in [1.29, 1.82) is 0 Å². The molecule has 0 bridgehead atoms. The molecule has 24 nitrogen and oxygen atoms in total. The summed E-state index contributed by atoms with van der Waals surface area (Å²) < 4.78 is 61.1. The molecule has 406 valence electrons. The van der Waals surface area contributed by atoms with Gasteiger partial charge in [-0.1, -0.05) is 168 Å². The fourth-order valence-corrected chi connectivity index (χ4v) is 10.2. The Morgan fingerprint density at radius 3 is 1.39 bits per heavy atom. The summed E-state index contributed by atoms with van der Waals surface area (Å²) >= 11 is 0. The summed E-state index contributed by atoms with van der Waals surface area (Å²) in [5.41, 5.74) is 53.3. The van der Waals surface area contributed by atoms with Crippen molar-refractivity contribution in [2.75, 3.05) is 13.2 Å². The third-order valence-corrected chi connectivity index (χ3v) is 18.8. The van der Waals surface area contributed by atoms with Crippen LogP contribution in [0.25, 0.3) is 52.2 Å². The SMILES string of the molecule is CC(C)(C)[Si](C)(C)OC[C@H]1O[C@H](O[C@@H]2[C@@H](OCc3ccccc3)[C@H](O[C@H]3O[C@H](CN=[N+]=[N-])[C@@H](OCc4ccccc4)C[C@H]3N=[N+]=[N-])[C@@H](N=[N+]=[N-])C[C@H]2N=[N+]=[N-])[C@H](OCc2ccccc2)[C@@H](N=[N+]=[N-])[C@@H]1OCc1ccccc1. The van der Waals surface area contributed by atoms with Crippen LogP contribution >= 0.6 is 0 Å². The maximum absolute atomic E-state index is 10.3. The van der Waals surface area contributed by atoms with Crippen LogP contribution in [0, 0.1) is 0 Å². The van der Waals surface area contributed by atoms with Crippen molar-refractivity contribution < 1.29 is 42.3 Å². The second kappa shape index (κ2) is 28.6. The number of hydrogen-bond acceptors (Lipinski definition) is 14. The summed E-state index contributed by atoms with van der Waals surface area (Å²) in [6.45, 7) is 10.7. The van der Waals surface area contributed by atoms with Crippen LogP contribution < -0.4 is 0 Å². The predicted octanol–water partition coefficient (Wildman–Crippen LogP) is 12.4. The number of rotatable bonds is 25. The first-order valence-electron chi connectivity index (χ1n) is 25.4. The Labute approximate surface area is 447 Å². The van der Waals surface area contributed by atoms with E-state index in [0.717, 1.165) is 22.3 Å². The van der Waals surface area contributed by atoms with Crippen LogP contribution in [0.2, 0.25) is 18.1 Å². The highest BCUT2D eigenvalue weighted by Crippen LogP contribution is 2.41. The Balaban J connectivity index is 1.31. The van der Waals surface area contributed by atoms with E-state index in [0.29, 0.717) is 0 Å². The zero-order valence-corrected chi connectivity index (χ0v) is 44.7. The predicted molar refractivity (Wildman–Crippen MR) is 285 cm³/mol. The van der Waals surface area contributed by atoms with Gasteiger partial charge in [-0.2, -0.15) is 0 Å². The Bertz CT molecular complexity index is 2730. The first-order valence-corrected chi connectivity index (χ1v) is 28.3. The number of azide groups is 5. The molecular weight excluding hydrogens is 1010 g/mol. The normalized spacial score (nSPS) is 28.3. The minimum atomic E-state index is -2.47. The third kappa shape index (κ3) is 15.9. The number of benzene rings is 4. The number of hydrogen-bond donors (Lipinski definition) is 0. The molecular formula is C52H65N15O9Si. The molecule has 1 aliphatic carbocycles. The molecule has 14 atom stereocenters. The zero-order chi connectivity index (χ0) is 54.6. The van der Waals surface area contributed by atoms with Crippen molar-refractivity contribution in [1.82, 2.24) is 0 Å². The molecule has 25 heteroatoms. The summed E-state index contributed by atoms with van der Waals surface area (Å²) in [5, 5.41) is 20.4. The van der Waals surface area contributed by atoms with Gasteiger partial charge in [0, 0.05) is 24.6 Å². The monoisotopic (exact) mass is 1070 g/mol. The largest absolute Gasteiger partial charge is 0.414 e. The van der Waals surface area contributed by atoms with Crippen LogP contribution in [0.3, 0.4) is 0 Å². The molecule has 4 aromatic carbocycles. The van der Waals surface area contributed by atoms with E-state index in [4.69, 9.17) is 42.3 Å². The van der Waals surface area contributed by atoms with Crippen molar-refractivity contribution in [2.45, 2.75) is 164 Å². The molecule has 3 fully saturated rings. The fourth-order valence-electron chi connectivity index (χ4n) is 9.23. The van der Waals surface area contributed by atoms with Gasteiger partial charge < -0.3 is 42.3 Å². The van der Waals surface area contributed by atoms with Crippen molar-refractivity contribution in [3.63, 3.8) is 0 Å². The molecule has 0 spiro atoms. The summed E-state index contributed by atoms with van der Waals surface area (Å²) in [6, 6.07) is 33.3. The fraction of sp³-hybridized carbons (Fsp3) is 0.538. The highest BCUT2D eigenvalue weighted by atomic mass is 28.4. The van der Waals surface area contributed by atoms with Gasteiger partial charge in [-0.15, -0.1) is 0 Å². The van der Waals surface area contributed by atoms with Crippen LogP contribution in [0.1, 0.15) is 55.9 Å². The third-order valence-electron chi connectivity index (χ3n) is 14.3. The lowest BCUT2D eigenvalue weighted by Crippen LogP contribution is -2.65. The van der Waals surface area contributed by atoms with Crippen LogP contribution in [-0.4, -0.2) is 107 Å². The summed E-state index contributed by atoms with van der Waals surface area (Å²) in [5.74, 6) is 0. The van der Waals surface area contributed by atoms with Crippen molar-refractivity contribution >= 4 is 8.32 Å². The quantitative estimate of drug-likeness (QED) is 0.0263. The van der Waals surface area contributed by atoms with Gasteiger partial charge >= 0.3 is 0 Å². The Kier molecular flexibility index (Phi) is 21.5. The van der Waals surface area contributed by atoms with Gasteiger partial charge in [0.15, 0.2) is 20.9 Å². The van der Waals surface area contributed by atoms with E-state index in [1.54, 1.807) is 0 Å². The van der Waals surface area contributed by atoms with E-state index >= 15 is 0 Å². The van der Waals surface area contributed by atoms with Crippen LogP contribution in [0.5, 0.6) is 0 Å². The van der Waals surface area contributed by atoms with Gasteiger partial charge in [-0.3, -0.25) is 0 Å². The molecule has 0 radical (unpaired) electrons. The minimum absolute atomic E-state index is 0.00856. The van der Waals surface area contributed by atoms with Gasteiger partial charge in [0.1, 0.15) is 18.3 Å². The summed E-state index contributed by atoms with van der Waals surface area (Å²) in [4.78, 5) is 15.8. The molecule has 2 heterocycles. The number of nitrogens with zero attached hydrogens (tertiary/aromatic N) is 15. The Morgan fingerprint density at radius 2 is 0.922 bits per heavy atom. The molecule has 2 saturated heterocycles. The van der Waals surface area contributed by atoms with Crippen LogP contribution in [0.4, 0.5) is 0 Å². The van der Waals surface area contributed by atoms with E-state index < -0.39 is 93.9 Å². The topological polar surface area (TPSA) is 327 Å². The van der Waals surface area contributed by atoms with Crippen LogP contribution in [0.15, 0.2) is 147 Å². The minimum Gasteiger partial charge on any atom is -0.414 e. The molecule has 0 amide bonds. The average molecular weight is 1070 g/mol. The Morgan fingerprint density at radius 1 is 0.494 bits per heavy atom. The zero-order valence-electron chi connectivity index (χ0n) is 43.7. The molecule has 2 aliphatic heterocycles. The molecule has 1 saturated carbocycles. The second-order valence-corrected chi connectivity index (χ2v) is 25.2. The van der Waals surface area contributed by atoms with Gasteiger partial charge in [0.2, 0.25) is 0 Å². The van der Waals surface area contributed by atoms with Crippen LogP contribution in [-0.2, 0) is 68.7 Å². The molecule has 0 aromatic heterocycles. The van der Waals surface area contributed by atoms with Crippen molar-refractivity contribution in [3.05, 3.63) is 196 Å². The Hall–Kier alpha value is -6.71. The number of ether oxygens (including phenoxy) is 8. The lowest BCUT2D eigenvalue weighted by atomic mass is 9.83. The van der Waals surface area contributed by atoms with Gasteiger partial charge in [0.05, 0.1) is 94.3 Å². The maximum Gasteiger partial charge on any atom is 0.192 e. The van der Waals surface area contributed by atoms with E-state index in [9.17, 15) is 27.7 Å². The second-order valence-electron chi connectivity index (χ2n) is 20.4. The lowest BCUT2D eigenvalue weighted by molar-refractivity contribution is -0.328. The summed E-state index contributed by atoms with van der Waals surface area (Å²) in [6.07, 6.45) is -11.3. The van der Waals surface area contributed by atoms with Gasteiger partial charge in [-0.05, 0) is 80.9 Å². The lowest BCUT2D eigenvalue weighted by Gasteiger charge is -2.50. The van der Waals surface area contributed by atoms with Gasteiger partial charge in [0.25, 0.3) is 0 Å². The van der Waals surface area contributed by atoms with E-state index in [-0.39, 0.29) is 57.5 Å². The highest BCUT2D eigenvalue weighted by molar-refractivity contribution is 6.74. The first-order chi connectivity index (χ1) is 37.4. The maximum atomic E-state index is 10.3. The highest BCUT2D eigenvalue weighted by Gasteiger charge is 2.55. The van der Waals surface area contributed by atoms with Crippen molar-refractivity contribution in [3.8, 4) is 0 Å². The first kappa shape index (κ1) is 58.0.